The van der Waals surface area contributed by atoms with Gasteiger partial charge in [-0.15, -0.1) is 0 Å². The molecule has 1 N–H and O–H groups in total. The standard InChI is InChI=1S/C13H14N2O3/c1-8-5-6-17-11(8)13-14-12(15-18-13)9-3-2-4-10(16)7-9/h2-4,7-8,11,16H,5-6H2,1H3. The molecule has 94 valence electrons. The van der Waals surface area contributed by atoms with E-state index in [0.717, 1.165) is 18.6 Å². The lowest BCUT2D eigenvalue weighted by Crippen LogP contribution is -2.03. The van der Waals surface area contributed by atoms with Gasteiger partial charge in [0.05, 0.1) is 0 Å². The number of aromatic nitrogens is 2. The fourth-order valence-electron chi connectivity index (χ4n) is 2.12. The highest BCUT2D eigenvalue weighted by Crippen LogP contribution is 2.34. The second-order valence-corrected chi connectivity index (χ2v) is 4.56. The molecule has 1 aromatic carbocycles. The first-order chi connectivity index (χ1) is 8.74. The number of hydrogen-bond acceptors (Lipinski definition) is 5. The minimum absolute atomic E-state index is 0.108. The van der Waals surface area contributed by atoms with Gasteiger partial charge >= 0.3 is 0 Å². The maximum atomic E-state index is 9.42. The molecule has 0 aliphatic carbocycles. The second kappa shape index (κ2) is 4.42. The number of phenols is 1. The highest BCUT2D eigenvalue weighted by Gasteiger charge is 2.30. The Morgan fingerprint density at radius 1 is 1.39 bits per heavy atom. The Bertz CT molecular complexity index is 553. The maximum Gasteiger partial charge on any atom is 0.256 e. The molecule has 2 heterocycles. The van der Waals surface area contributed by atoms with Crippen LogP contribution in [0.15, 0.2) is 28.8 Å². The van der Waals surface area contributed by atoms with E-state index in [-0.39, 0.29) is 11.9 Å². The lowest BCUT2D eigenvalue weighted by atomic mass is 10.0. The van der Waals surface area contributed by atoms with Gasteiger partial charge < -0.3 is 14.4 Å². The second-order valence-electron chi connectivity index (χ2n) is 4.56. The molecule has 5 nitrogen and oxygen atoms in total. The van der Waals surface area contributed by atoms with Crippen LogP contribution >= 0.6 is 0 Å². The van der Waals surface area contributed by atoms with Gasteiger partial charge in [0.25, 0.3) is 5.89 Å². The quantitative estimate of drug-likeness (QED) is 0.881. The summed E-state index contributed by atoms with van der Waals surface area (Å²) in [7, 11) is 0. The SMILES string of the molecule is CC1CCOC1c1nc(-c2cccc(O)c2)no1. The predicted octanol–water partition coefficient (Wildman–Crippen LogP) is 2.54. The van der Waals surface area contributed by atoms with Crippen molar-refractivity contribution in [3.63, 3.8) is 0 Å². The lowest BCUT2D eigenvalue weighted by Gasteiger charge is -2.07. The van der Waals surface area contributed by atoms with Crippen LogP contribution < -0.4 is 0 Å². The zero-order valence-corrected chi connectivity index (χ0v) is 10.0. The van der Waals surface area contributed by atoms with E-state index in [1.807, 2.05) is 6.07 Å². The van der Waals surface area contributed by atoms with E-state index in [9.17, 15) is 5.11 Å². The molecule has 3 rings (SSSR count). The Morgan fingerprint density at radius 3 is 3.00 bits per heavy atom. The Morgan fingerprint density at radius 2 is 2.28 bits per heavy atom. The van der Waals surface area contributed by atoms with Gasteiger partial charge in [-0.3, -0.25) is 0 Å². The van der Waals surface area contributed by atoms with Crippen molar-refractivity contribution < 1.29 is 14.4 Å². The van der Waals surface area contributed by atoms with E-state index in [4.69, 9.17) is 9.26 Å². The van der Waals surface area contributed by atoms with Crippen molar-refractivity contribution in [3.05, 3.63) is 30.2 Å². The molecular weight excluding hydrogens is 232 g/mol. The smallest absolute Gasteiger partial charge is 0.256 e. The molecule has 1 aliphatic heterocycles. The van der Waals surface area contributed by atoms with Crippen molar-refractivity contribution in [1.82, 2.24) is 10.1 Å². The third-order valence-corrected chi connectivity index (χ3v) is 3.18. The molecule has 2 unspecified atom stereocenters. The van der Waals surface area contributed by atoms with Crippen LogP contribution in [-0.2, 0) is 4.74 Å². The van der Waals surface area contributed by atoms with Gasteiger partial charge in [0.15, 0.2) is 0 Å². The minimum Gasteiger partial charge on any atom is -0.508 e. The summed E-state index contributed by atoms with van der Waals surface area (Å²) < 4.78 is 10.8. The van der Waals surface area contributed by atoms with Crippen molar-refractivity contribution in [2.24, 2.45) is 5.92 Å². The number of benzene rings is 1. The van der Waals surface area contributed by atoms with Crippen molar-refractivity contribution in [2.75, 3.05) is 6.61 Å². The van der Waals surface area contributed by atoms with Crippen LogP contribution in [0.3, 0.4) is 0 Å². The molecule has 2 atom stereocenters. The average Bonchev–Trinajstić information content (AvgIpc) is 2.97. The molecule has 0 amide bonds. The molecule has 1 saturated heterocycles. The van der Waals surface area contributed by atoms with Crippen LogP contribution in [0.2, 0.25) is 0 Å². The van der Waals surface area contributed by atoms with Crippen molar-refractivity contribution in [1.29, 1.82) is 0 Å². The maximum absolute atomic E-state index is 9.42. The number of hydrogen-bond donors (Lipinski definition) is 1. The normalized spacial score (nSPS) is 23.4. The zero-order chi connectivity index (χ0) is 12.5. The van der Waals surface area contributed by atoms with Gasteiger partial charge in [0.1, 0.15) is 11.9 Å². The topological polar surface area (TPSA) is 68.4 Å². The van der Waals surface area contributed by atoms with E-state index >= 15 is 0 Å². The van der Waals surface area contributed by atoms with E-state index in [0.29, 0.717) is 17.6 Å². The molecule has 0 spiro atoms. The predicted molar refractivity (Wildman–Crippen MR) is 63.9 cm³/mol. The molecule has 1 fully saturated rings. The number of phenolic OH excluding ortho intramolecular Hbond substituents is 1. The minimum atomic E-state index is -0.108. The molecule has 18 heavy (non-hydrogen) atoms. The molecular formula is C13H14N2O3. The molecule has 2 aromatic rings. The first-order valence-electron chi connectivity index (χ1n) is 5.98. The summed E-state index contributed by atoms with van der Waals surface area (Å²) in [4.78, 5) is 4.34. The highest BCUT2D eigenvalue weighted by molar-refractivity contribution is 5.56. The van der Waals surface area contributed by atoms with Gasteiger partial charge in [-0.1, -0.05) is 24.2 Å². The monoisotopic (exact) mass is 246 g/mol. The fourth-order valence-corrected chi connectivity index (χ4v) is 2.12. The summed E-state index contributed by atoms with van der Waals surface area (Å²) in [5, 5.41) is 13.4. The molecule has 1 aromatic heterocycles. The van der Waals surface area contributed by atoms with Crippen LogP contribution in [0.25, 0.3) is 11.4 Å². The van der Waals surface area contributed by atoms with E-state index in [1.165, 1.54) is 0 Å². The molecule has 1 aliphatic rings. The molecule has 0 saturated carbocycles. The van der Waals surface area contributed by atoms with Gasteiger partial charge in [-0.25, -0.2) is 0 Å². The van der Waals surface area contributed by atoms with Crippen molar-refractivity contribution in [3.8, 4) is 17.1 Å². The van der Waals surface area contributed by atoms with Gasteiger partial charge in [0, 0.05) is 12.2 Å². The van der Waals surface area contributed by atoms with Crippen LogP contribution in [0.1, 0.15) is 25.3 Å². The first kappa shape index (κ1) is 11.2. The number of ether oxygens (including phenoxy) is 1. The first-order valence-corrected chi connectivity index (χ1v) is 5.98. The van der Waals surface area contributed by atoms with E-state index in [1.54, 1.807) is 18.2 Å². The third kappa shape index (κ3) is 1.97. The van der Waals surface area contributed by atoms with Crippen molar-refractivity contribution in [2.45, 2.75) is 19.4 Å². The summed E-state index contributed by atoms with van der Waals surface area (Å²) in [6, 6.07) is 6.78. The summed E-state index contributed by atoms with van der Waals surface area (Å²) >= 11 is 0. The Labute approximate surface area is 104 Å². The summed E-state index contributed by atoms with van der Waals surface area (Å²) in [6.07, 6.45) is 0.901. The molecule has 0 bridgehead atoms. The largest absolute Gasteiger partial charge is 0.508 e. The van der Waals surface area contributed by atoms with Gasteiger partial charge in [-0.2, -0.15) is 4.98 Å². The zero-order valence-electron chi connectivity index (χ0n) is 10.0. The van der Waals surface area contributed by atoms with Gasteiger partial charge in [-0.05, 0) is 24.5 Å². The molecule has 0 radical (unpaired) electrons. The Kier molecular flexibility index (Phi) is 2.76. The summed E-state index contributed by atoms with van der Waals surface area (Å²) in [5.74, 6) is 1.56. The van der Waals surface area contributed by atoms with Crippen molar-refractivity contribution >= 4 is 0 Å². The van der Waals surface area contributed by atoms with Crippen LogP contribution in [0.4, 0.5) is 0 Å². The lowest BCUT2D eigenvalue weighted by molar-refractivity contribution is 0.0661. The van der Waals surface area contributed by atoms with Crippen LogP contribution in [-0.4, -0.2) is 21.9 Å². The fraction of sp³-hybridized carbons (Fsp3) is 0.385. The Hall–Kier alpha value is -1.88. The van der Waals surface area contributed by atoms with E-state index < -0.39 is 0 Å². The number of aromatic hydroxyl groups is 1. The molecule has 5 heteroatoms. The van der Waals surface area contributed by atoms with Crippen LogP contribution in [0, 0.1) is 5.92 Å². The number of nitrogens with zero attached hydrogens (tertiary/aromatic N) is 2. The third-order valence-electron chi connectivity index (χ3n) is 3.18. The Balaban J connectivity index is 1.89. The van der Waals surface area contributed by atoms with Crippen LogP contribution in [0.5, 0.6) is 5.75 Å². The number of rotatable bonds is 2. The highest BCUT2D eigenvalue weighted by atomic mass is 16.5. The summed E-state index contributed by atoms with van der Waals surface area (Å²) in [5.41, 5.74) is 0.732. The summed E-state index contributed by atoms with van der Waals surface area (Å²) in [6.45, 7) is 2.84. The van der Waals surface area contributed by atoms with E-state index in [2.05, 4.69) is 17.1 Å². The van der Waals surface area contributed by atoms with Gasteiger partial charge in [0.2, 0.25) is 5.82 Å². The average molecular weight is 246 g/mol.